The maximum absolute atomic E-state index is 11.9. The van der Waals surface area contributed by atoms with Crippen LogP contribution in [0.25, 0.3) is 11.4 Å². The Morgan fingerprint density at radius 1 is 1.33 bits per heavy atom. The summed E-state index contributed by atoms with van der Waals surface area (Å²) < 4.78 is 32.9. The number of carboxylic acids is 1. The van der Waals surface area contributed by atoms with Crippen molar-refractivity contribution in [2.24, 2.45) is 0 Å². The van der Waals surface area contributed by atoms with Crippen molar-refractivity contribution >= 4 is 5.97 Å². The molecule has 0 aliphatic heterocycles. The van der Waals surface area contributed by atoms with Crippen LogP contribution in [-0.2, 0) is 22.6 Å². The molecule has 0 saturated carbocycles. The molecular weight excluding hydrogens is 286 g/mol. The molecule has 0 amide bonds. The van der Waals surface area contributed by atoms with E-state index in [1.54, 1.807) is 24.3 Å². The molecule has 0 spiro atoms. The number of alkyl halides is 2. The van der Waals surface area contributed by atoms with Gasteiger partial charge in [0.15, 0.2) is 0 Å². The molecule has 1 N–H and O–H groups in total. The molecule has 1 aromatic carbocycles. The van der Waals surface area contributed by atoms with Crippen LogP contribution in [0.1, 0.15) is 17.9 Å². The topological polar surface area (TPSA) is 85.5 Å². The Balaban J connectivity index is 2.00. The second-order valence-corrected chi connectivity index (χ2v) is 4.17. The van der Waals surface area contributed by atoms with E-state index in [9.17, 15) is 13.6 Å². The van der Waals surface area contributed by atoms with E-state index in [1.165, 1.54) is 0 Å². The number of nitrogens with zero attached hydrogens (tertiary/aromatic N) is 2. The Bertz CT molecular complexity index is 598. The van der Waals surface area contributed by atoms with Crippen LogP contribution in [0.4, 0.5) is 8.78 Å². The summed E-state index contributed by atoms with van der Waals surface area (Å²) in [5, 5.41) is 12.3. The lowest BCUT2D eigenvalue weighted by Crippen LogP contribution is -1.99. The molecule has 0 aliphatic carbocycles. The summed E-state index contributed by atoms with van der Waals surface area (Å²) in [6, 6.07) is 6.53. The van der Waals surface area contributed by atoms with Crippen molar-refractivity contribution in [2.45, 2.75) is 26.1 Å². The Kier molecular flexibility index (Phi) is 4.94. The van der Waals surface area contributed by atoms with E-state index < -0.39 is 12.6 Å². The highest BCUT2D eigenvalue weighted by Gasteiger charge is 2.10. The Morgan fingerprint density at radius 2 is 2.05 bits per heavy atom. The quantitative estimate of drug-likeness (QED) is 0.845. The molecule has 6 nitrogen and oxygen atoms in total. The van der Waals surface area contributed by atoms with Crippen LogP contribution >= 0.6 is 0 Å². The van der Waals surface area contributed by atoms with Gasteiger partial charge in [0.2, 0.25) is 11.7 Å². The highest BCUT2D eigenvalue weighted by atomic mass is 19.3. The van der Waals surface area contributed by atoms with Crippen LogP contribution in [0.2, 0.25) is 0 Å². The summed E-state index contributed by atoms with van der Waals surface area (Å²) in [5.74, 6) is -0.396. The summed E-state index contributed by atoms with van der Waals surface area (Å²) >= 11 is 0. The van der Waals surface area contributed by atoms with Gasteiger partial charge in [-0.3, -0.25) is 4.79 Å². The number of rotatable bonds is 7. The zero-order chi connectivity index (χ0) is 15.2. The molecule has 0 unspecified atom stereocenters. The number of ether oxygens (including phenoxy) is 1. The van der Waals surface area contributed by atoms with Gasteiger partial charge < -0.3 is 14.4 Å². The summed E-state index contributed by atoms with van der Waals surface area (Å²) in [6.45, 7) is -2.99. The predicted molar refractivity (Wildman–Crippen MR) is 66.5 cm³/mol. The van der Waals surface area contributed by atoms with Gasteiger partial charge in [-0.1, -0.05) is 29.4 Å². The lowest BCUT2D eigenvalue weighted by molar-refractivity contribution is -0.137. The Morgan fingerprint density at radius 3 is 2.67 bits per heavy atom. The minimum Gasteiger partial charge on any atom is -0.481 e. The zero-order valence-electron chi connectivity index (χ0n) is 10.8. The van der Waals surface area contributed by atoms with E-state index >= 15 is 0 Å². The average Bonchev–Trinajstić information content (AvgIpc) is 2.92. The van der Waals surface area contributed by atoms with Crippen LogP contribution in [0.3, 0.4) is 0 Å². The number of hydrogen-bond acceptors (Lipinski definition) is 5. The molecule has 112 valence electrons. The first-order valence-electron chi connectivity index (χ1n) is 6.08. The van der Waals surface area contributed by atoms with Crippen LogP contribution in [0.15, 0.2) is 28.8 Å². The van der Waals surface area contributed by atoms with Gasteiger partial charge in [-0.2, -0.15) is 13.8 Å². The van der Waals surface area contributed by atoms with Gasteiger partial charge in [0.1, 0.15) is 0 Å². The van der Waals surface area contributed by atoms with E-state index in [4.69, 9.17) is 9.63 Å². The number of hydrogen-bond donors (Lipinski definition) is 1. The largest absolute Gasteiger partial charge is 0.481 e. The summed E-state index contributed by atoms with van der Waals surface area (Å²) in [7, 11) is 0. The van der Waals surface area contributed by atoms with Crippen molar-refractivity contribution in [3.8, 4) is 11.4 Å². The van der Waals surface area contributed by atoms with Crippen molar-refractivity contribution in [3.63, 3.8) is 0 Å². The van der Waals surface area contributed by atoms with Gasteiger partial charge in [-0.25, -0.2) is 0 Å². The van der Waals surface area contributed by atoms with Gasteiger partial charge >= 0.3 is 12.6 Å². The highest BCUT2D eigenvalue weighted by Crippen LogP contribution is 2.18. The number of aryl methyl sites for hydroxylation is 1. The van der Waals surface area contributed by atoms with Gasteiger partial charge in [-0.05, 0) is 5.56 Å². The smallest absolute Gasteiger partial charge is 0.345 e. The molecule has 0 saturated heterocycles. The Labute approximate surface area is 118 Å². The highest BCUT2D eigenvalue weighted by molar-refractivity contribution is 5.66. The second kappa shape index (κ2) is 6.89. The summed E-state index contributed by atoms with van der Waals surface area (Å²) in [5.41, 5.74) is 1.23. The zero-order valence-corrected chi connectivity index (χ0v) is 10.8. The van der Waals surface area contributed by atoms with Crippen LogP contribution in [0, 0.1) is 0 Å². The van der Waals surface area contributed by atoms with Crippen molar-refractivity contribution in [3.05, 3.63) is 35.7 Å². The number of aliphatic carboxylic acids is 1. The second-order valence-electron chi connectivity index (χ2n) is 4.17. The minimum atomic E-state index is -2.81. The van der Waals surface area contributed by atoms with E-state index in [-0.39, 0.29) is 25.3 Å². The van der Waals surface area contributed by atoms with E-state index in [1.807, 2.05) is 0 Å². The molecular formula is C13H12F2N2O4. The molecule has 0 bridgehead atoms. The molecule has 1 heterocycles. The van der Waals surface area contributed by atoms with E-state index in [0.717, 1.165) is 0 Å². The number of benzene rings is 1. The van der Waals surface area contributed by atoms with E-state index in [2.05, 4.69) is 14.9 Å². The number of aromatic nitrogens is 2. The lowest BCUT2D eigenvalue weighted by atomic mass is 10.1. The van der Waals surface area contributed by atoms with Crippen LogP contribution < -0.4 is 0 Å². The molecule has 2 aromatic rings. The van der Waals surface area contributed by atoms with Crippen molar-refractivity contribution in [1.29, 1.82) is 0 Å². The third-order valence-corrected chi connectivity index (χ3v) is 2.61. The maximum Gasteiger partial charge on any atom is 0.345 e. The fraction of sp³-hybridized carbons (Fsp3) is 0.308. The number of carbonyl (C=O) groups is 1. The minimum absolute atomic E-state index is 0.0917. The van der Waals surface area contributed by atoms with Crippen molar-refractivity contribution in [2.75, 3.05) is 0 Å². The normalized spacial score (nSPS) is 11.0. The third-order valence-electron chi connectivity index (χ3n) is 2.61. The Hall–Kier alpha value is -2.35. The van der Waals surface area contributed by atoms with Gasteiger partial charge in [-0.15, -0.1) is 0 Å². The van der Waals surface area contributed by atoms with Gasteiger partial charge in [0, 0.05) is 12.0 Å². The molecule has 0 atom stereocenters. The predicted octanol–water partition coefficient (Wildman–Crippen LogP) is 2.49. The van der Waals surface area contributed by atoms with Crippen molar-refractivity contribution < 1.29 is 27.9 Å². The molecule has 8 heteroatoms. The first kappa shape index (κ1) is 15.0. The first-order chi connectivity index (χ1) is 10.0. The molecule has 0 fully saturated rings. The summed E-state index contributed by atoms with van der Waals surface area (Å²) in [4.78, 5) is 14.5. The fourth-order valence-electron chi connectivity index (χ4n) is 1.60. The van der Waals surface area contributed by atoms with Crippen molar-refractivity contribution in [1.82, 2.24) is 10.1 Å². The summed E-state index contributed by atoms with van der Waals surface area (Å²) in [6.07, 6.45) is 0.0637. The molecule has 0 radical (unpaired) electrons. The first-order valence-corrected chi connectivity index (χ1v) is 6.08. The van der Waals surface area contributed by atoms with E-state index in [0.29, 0.717) is 17.0 Å². The molecule has 2 rings (SSSR count). The monoisotopic (exact) mass is 298 g/mol. The standard InChI is InChI=1S/C13H12F2N2O4/c14-13(15)20-7-8-1-3-9(4-2-8)12-16-10(21-17-12)5-6-11(18)19/h1-4,13H,5-7H2,(H,18,19). The molecule has 21 heavy (non-hydrogen) atoms. The fourth-order valence-corrected chi connectivity index (χ4v) is 1.60. The maximum atomic E-state index is 11.9. The van der Waals surface area contributed by atoms with Gasteiger partial charge in [0.25, 0.3) is 0 Å². The number of carboxylic acid groups (broad SMARTS) is 1. The molecule has 1 aromatic heterocycles. The van der Waals surface area contributed by atoms with Crippen LogP contribution in [-0.4, -0.2) is 27.8 Å². The number of halogens is 2. The lowest BCUT2D eigenvalue weighted by Gasteiger charge is -2.03. The third kappa shape index (κ3) is 4.60. The van der Waals surface area contributed by atoms with Crippen LogP contribution in [0.5, 0.6) is 0 Å². The SMILES string of the molecule is O=C(O)CCc1nc(-c2ccc(COC(F)F)cc2)no1. The van der Waals surface area contributed by atoms with Gasteiger partial charge in [0.05, 0.1) is 13.0 Å². The average molecular weight is 298 g/mol. The molecule has 0 aliphatic rings.